The number of nitrogens with zero attached hydrogens (tertiary/aromatic N) is 2. The number of aromatic nitrogens is 1. The number of benzene rings is 2. The molecule has 3 aliphatic rings. The summed E-state index contributed by atoms with van der Waals surface area (Å²) in [5.41, 5.74) is 4.65. The number of hydrogen-bond acceptors (Lipinski definition) is 6. The van der Waals surface area contributed by atoms with Crippen LogP contribution < -0.4 is 20.7 Å². The monoisotopic (exact) mass is 680 g/mol. The minimum atomic E-state index is -4.59. The molecule has 2 aromatic carbocycles. The lowest BCUT2D eigenvalue weighted by Crippen LogP contribution is -2.46. The molecule has 0 unspecified atom stereocenters. The van der Waals surface area contributed by atoms with Gasteiger partial charge in [0.2, 0.25) is 5.91 Å². The summed E-state index contributed by atoms with van der Waals surface area (Å²) in [6.45, 7) is 8.70. The van der Waals surface area contributed by atoms with E-state index in [9.17, 15) is 27.6 Å². The molecule has 1 spiro atoms. The van der Waals surface area contributed by atoms with Crippen molar-refractivity contribution >= 4 is 23.2 Å². The Morgan fingerprint density at radius 1 is 1.00 bits per heavy atom. The molecule has 1 aromatic heterocycles. The fourth-order valence-corrected chi connectivity index (χ4v) is 7.75. The number of pyridine rings is 1. The molecular formula is C37H43F3N4O5. The third-order valence-corrected chi connectivity index (χ3v) is 10.3. The average molecular weight is 681 g/mol. The maximum Gasteiger partial charge on any atom is 0.406 e. The van der Waals surface area contributed by atoms with E-state index in [4.69, 9.17) is 9.47 Å². The summed E-state index contributed by atoms with van der Waals surface area (Å²) in [4.78, 5) is 46.3. The van der Waals surface area contributed by atoms with Crippen molar-refractivity contribution < 1.29 is 32.2 Å². The summed E-state index contributed by atoms with van der Waals surface area (Å²) in [5, 5.41) is 2.93. The van der Waals surface area contributed by atoms with Gasteiger partial charge in [-0.25, -0.2) is 0 Å². The maximum atomic E-state index is 13.9. The number of halogens is 3. The van der Waals surface area contributed by atoms with Crippen LogP contribution in [0.4, 0.5) is 24.5 Å². The molecule has 4 heterocycles. The molecule has 2 N–H and O–H groups in total. The van der Waals surface area contributed by atoms with Crippen LogP contribution in [-0.4, -0.2) is 68.5 Å². The van der Waals surface area contributed by atoms with Crippen LogP contribution in [0.3, 0.4) is 0 Å². The molecule has 0 aliphatic carbocycles. The Labute approximate surface area is 283 Å². The highest BCUT2D eigenvalue weighted by molar-refractivity contribution is 6.09. The summed E-state index contributed by atoms with van der Waals surface area (Å²) in [6, 6.07) is 11.0. The largest absolute Gasteiger partial charge is 0.406 e. The van der Waals surface area contributed by atoms with Gasteiger partial charge in [-0.1, -0.05) is 12.1 Å². The first-order valence-corrected chi connectivity index (χ1v) is 16.9. The number of alkyl halides is 3. The Hall–Kier alpha value is -4.16. The molecule has 12 heteroatoms. The molecule has 3 aromatic rings. The molecular weight excluding hydrogens is 637 g/mol. The van der Waals surface area contributed by atoms with E-state index in [0.29, 0.717) is 73.6 Å². The van der Waals surface area contributed by atoms with Gasteiger partial charge in [0, 0.05) is 73.8 Å². The van der Waals surface area contributed by atoms with Crippen LogP contribution in [0.1, 0.15) is 70.9 Å². The van der Waals surface area contributed by atoms with Crippen LogP contribution in [-0.2, 0) is 26.2 Å². The zero-order valence-electron chi connectivity index (χ0n) is 28.4. The second-order valence-electron chi connectivity index (χ2n) is 13.4. The van der Waals surface area contributed by atoms with Crippen LogP contribution in [0.25, 0.3) is 11.1 Å². The summed E-state index contributed by atoms with van der Waals surface area (Å²) >= 11 is 0. The zero-order chi connectivity index (χ0) is 35.1. The van der Waals surface area contributed by atoms with Gasteiger partial charge in [0.25, 0.3) is 11.5 Å². The van der Waals surface area contributed by atoms with E-state index in [1.165, 1.54) is 0 Å². The fraction of sp³-hybridized carbons (Fsp3) is 0.486. The average Bonchev–Trinajstić information content (AvgIpc) is 3.27. The smallest absolute Gasteiger partial charge is 0.381 e. The van der Waals surface area contributed by atoms with Gasteiger partial charge in [0.1, 0.15) is 6.54 Å². The molecule has 0 radical (unpaired) electrons. The molecule has 262 valence electrons. The van der Waals surface area contributed by atoms with Crippen molar-refractivity contribution in [3.8, 4) is 11.1 Å². The van der Waals surface area contributed by atoms with E-state index in [-0.39, 0.29) is 29.7 Å². The van der Waals surface area contributed by atoms with Crippen LogP contribution >= 0.6 is 0 Å². The lowest BCUT2D eigenvalue weighted by atomic mass is 9.75. The lowest BCUT2D eigenvalue weighted by molar-refractivity contribution is -0.136. The van der Waals surface area contributed by atoms with Crippen LogP contribution in [0.15, 0.2) is 41.2 Å². The Morgan fingerprint density at radius 2 is 1.69 bits per heavy atom. The molecule has 49 heavy (non-hydrogen) atoms. The molecule has 0 bridgehead atoms. The molecule has 0 saturated carbocycles. The Kier molecular flexibility index (Phi) is 9.65. The molecule has 9 nitrogen and oxygen atoms in total. The minimum Gasteiger partial charge on any atom is -0.381 e. The van der Waals surface area contributed by atoms with Crippen molar-refractivity contribution in [2.24, 2.45) is 0 Å². The second-order valence-corrected chi connectivity index (χ2v) is 13.4. The Balaban J connectivity index is 1.45. The maximum absolute atomic E-state index is 13.9. The van der Waals surface area contributed by atoms with E-state index in [0.717, 1.165) is 40.2 Å². The van der Waals surface area contributed by atoms with Crippen molar-refractivity contribution in [2.75, 3.05) is 49.3 Å². The first-order valence-electron chi connectivity index (χ1n) is 16.9. The van der Waals surface area contributed by atoms with Crippen molar-refractivity contribution in [3.05, 3.63) is 80.3 Å². The number of aromatic amines is 1. The van der Waals surface area contributed by atoms with Gasteiger partial charge in [-0.15, -0.1) is 0 Å². The SMILES string of the molecule is CCN(c1cc(-c2ccc3c(c2)N(CC(F)(F)F)C(=O)C32CCOCC2)cc(C(=O)NCc2c(C)cc(C)[nH]c2=O)c1C)C1CCOCC1. The fourth-order valence-electron chi connectivity index (χ4n) is 7.75. The Morgan fingerprint density at radius 3 is 2.35 bits per heavy atom. The quantitative estimate of drug-likeness (QED) is 0.309. The van der Waals surface area contributed by atoms with Crippen LogP contribution in [0, 0.1) is 20.8 Å². The number of nitrogens with one attached hydrogen (secondary N) is 2. The lowest BCUT2D eigenvalue weighted by Gasteiger charge is -2.37. The number of fused-ring (bicyclic) bond motifs is 2. The molecule has 0 atom stereocenters. The second kappa shape index (κ2) is 13.6. The number of H-pyrrole nitrogens is 1. The van der Waals surface area contributed by atoms with Gasteiger partial charge in [-0.2, -0.15) is 13.2 Å². The van der Waals surface area contributed by atoms with Crippen molar-refractivity contribution in [1.82, 2.24) is 10.3 Å². The third kappa shape index (κ3) is 6.72. The summed E-state index contributed by atoms with van der Waals surface area (Å²) in [5.74, 6) is -0.929. The van der Waals surface area contributed by atoms with Gasteiger partial charge in [0.15, 0.2) is 0 Å². The number of carbonyl (C=O) groups is 2. The number of anilines is 2. The van der Waals surface area contributed by atoms with Crippen LogP contribution in [0.5, 0.6) is 0 Å². The molecule has 2 fully saturated rings. The summed E-state index contributed by atoms with van der Waals surface area (Å²) < 4.78 is 52.7. The normalized spacial score (nSPS) is 17.8. The van der Waals surface area contributed by atoms with E-state index < -0.39 is 24.0 Å². The number of rotatable bonds is 8. The third-order valence-electron chi connectivity index (χ3n) is 10.3. The van der Waals surface area contributed by atoms with E-state index >= 15 is 0 Å². The predicted octanol–water partition coefficient (Wildman–Crippen LogP) is 5.86. The standard InChI is InChI=1S/C37H43F3N4O5/c1-5-43(27-8-12-48-13-9-27)31-19-26(17-28(24(31)4)33(45)41-20-29-22(2)16-23(3)42-34(29)46)25-6-7-30-32(18-25)44(21-37(38,39)40)35(47)36(30)10-14-49-15-11-36/h6-7,16-19,27H,5,8-15,20-21H2,1-4H3,(H,41,45)(H,42,46). The zero-order valence-corrected chi connectivity index (χ0v) is 28.4. The van der Waals surface area contributed by atoms with Gasteiger partial charge >= 0.3 is 6.18 Å². The number of aryl methyl sites for hydroxylation is 2. The molecule has 2 saturated heterocycles. The van der Waals surface area contributed by atoms with E-state index in [1.54, 1.807) is 25.1 Å². The first kappa shape index (κ1) is 34.7. The highest BCUT2D eigenvalue weighted by atomic mass is 19.4. The van der Waals surface area contributed by atoms with Gasteiger partial charge < -0.3 is 29.6 Å². The number of ether oxygens (including phenoxy) is 2. The van der Waals surface area contributed by atoms with E-state index in [1.807, 2.05) is 32.0 Å². The van der Waals surface area contributed by atoms with Gasteiger partial charge in [-0.3, -0.25) is 14.4 Å². The first-order chi connectivity index (χ1) is 23.3. The van der Waals surface area contributed by atoms with Gasteiger partial charge in [0.05, 0.1) is 5.41 Å². The van der Waals surface area contributed by atoms with Crippen LogP contribution in [0.2, 0.25) is 0 Å². The molecule has 6 rings (SSSR count). The number of amides is 2. The molecule has 3 aliphatic heterocycles. The number of hydrogen-bond donors (Lipinski definition) is 2. The topological polar surface area (TPSA) is 104 Å². The summed E-state index contributed by atoms with van der Waals surface area (Å²) in [7, 11) is 0. The van der Waals surface area contributed by atoms with Crippen molar-refractivity contribution in [2.45, 2.75) is 77.6 Å². The van der Waals surface area contributed by atoms with Crippen molar-refractivity contribution in [1.29, 1.82) is 0 Å². The highest BCUT2D eigenvalue weighted by Gasteiger charge is 2.53. The van der Waals surface area contributed by atoms with Crippen molar-refractivity contribution in [3.63, 3.8) is 0 Å². The van der Waals surface area contributed by atoms with Gasteiger partial charge in [-0.05, 0) is 105 Å². The summed E-state index contributed by atoms with van der Waals surface area (Å²) in [6.07, 6.45) is -2.34. The number of carbonyl (C=O) groups excluding carboxylic acids is 2. The molecule has 2 amide bonds. The highest BCUT2D eigenvalue weighted by Crippen LogP contribution is 2.50. The Bertz CT molecular complexity index is 1810. The predicted molar refractivity (Wildman–Crippen MR) is 181 cm³/mol. The minimum absolute atomic E-state index is 0.0237. The van der Waals surface area contributed by atoms with E-state index in [2.05, 4.69) is 22.1 Å².